The van der Waals surface area contributed by atoms with Gasteiger partial charge in [-0.05, 0) is 5.92 Å². The van der Waals surface area contributed by atoms with Crippen LogP contribution >= 0.6 is 0 Å². The first-order valence-electron chi connectivity index (χ1n) is 3.73. The molecule has 0 spiro atoms. The third kappa shape index (κ3) is 7.45. The van der Waals surface area contributed by atoms with E-state index in [1.54, 1.807) is 0 Å². The molecule has 0 radical (unpaired) electrons. The van der Waals surface area contributed by atoms with E-state index >= 15 is 0 Å². The summed E-state index contributed by atoms with van der Waals surface area (Å²) < 4.78 is 0. The Balaban J connectivity index is 0. The van der Waals surface area contributed by atoms with Gasteiger partial charge in [0.2, 0.25) is 0 Å². The van der Waals surface area contributed by atoms with E-state index in [1.807, 2.05) is 33.8 Å². The highest BCUT2D eigenvalue weighted by atomic mass is 16.3. The number of aliphatic hydroxyl groups is 1. The Bertz CT molecular complexity index is 93.9. The molecule has 0 bridgehead atoms. The molecule has 10 heavy (non-hydrogen) atoms. The summed E-state index contributed by atoms with van der Waals surface area (Å²) in [7, 11) is 0. The summed E-state index contributed by atoms with van der Waals surface area (Å²) >= 11 is 0. The summed E-state index contributed by atoms with van der Waals surface area (Å²) in [6, 6.07) is 1.90. The minimum absolute atomic E-state index is 0.203. The summed E-state index contributed by atoms with van der Waals surface area (Å²) in [5, 5.41) is 17.0. The first kappa shape index (κ1) is 12.2. The molecule has 2 nitrogen and oxygen atoms in total. The number of nitrogens with zero attached hydrogens (tertiary/aromatic N) is 1. The van der Waals surface area contributed by atoms with Gasteiger partial charge >= 0.3 is 0 Å². The van der Waals surface area contributed by atoms with Crippen molar-refractivity contribution in [1.29, 1.82) is 5.26 Å². The van der Waals surface area contributed by atoms with Crippen molar-refractivity contribution in [2.75, 3.05) is 0 Å². The Hall–Kier alpha value is -0.550. The van der Waals surface area contributed by atoms with Gasteiger partial charge < -0.3 is 5.11 Å². The molecular weight excluding hydrogens is 126 g/mol. The lowest BCUT2D eigenvalue weighted by Gasteiger charge is -2.08. The minimum atomic E-state index is -0.444. The van der Waals surface area contributed by atoms with E-state index in [2.05, 4.69) is 0 Å². The van der Waals surface area contributed by atoms with Crippen LogP contribution in [0.5, 0.6) is 0 Å². The highest BCUT2D eigenvalue weighted by Crippen LogP contribution is 2.02. The lowest BCUT2D eigenvalue weighted by atomic mass is 10.1. The third-order valence-electron chi connectivity index (χ3n) is 1.07. The minimum Gasteiger partial charge on any atom is -0.392 e. The fourth-order valence-electron chi connectivity index (χ4n) is 0.329. The van der Waals surface area contributed by atoms with Crippen LogP contribution in [0.3, 0.4) is 0 Å². The van der Waals surface area contributed by atoms with Gasteiger partial charge in [-0.2, -0.15) is 5.26 Å². The van der Waals surface area contributed by atoms with Gasteiger partial charge in [0.15, 0.2) is 0 Å². The molecule has 0 aromatic rings. The van der Waals surface area contributed by atoms with Gasteiger partial charge in [-0.15, -0.1) is 0 Å². The highest BCUT2D eigenvalue weighted by molar-refractivity contribution is 4.76. The maximum Gasteiger partial charge on any atom is 0.0692 e. The van der Waals surface area contributed by atoms with Gasteiger partial charge in [0, 0.05) is 0 Å². The third-order valence-corrected chi connectivity index (χ3v) is 1.07. The largest absolute Gasteiger partial charge is 0.392 e. The molecule has 0 rings (SSSR count). The molecule has 0 amide bonds. The number of hydrogen-bond donors (Lipinski definition) is 1. The van der Waals surface area contributed by atoms with Crippen molar-refractivity contribution in [3.05, 3.63) is 0 Å². The predicted octanol–water partition coefficient (Wildman–Crippen LogP) is 1.94. The molecule has 0 aliphatic heterocycles. The Morgan fingerprint density at radius 3 is 1.90 bits per heavy atom. The molecule has 0 saturated heterocycles. The van der Waals surface area contributed by atoms with Crippen molar-refractivity contribution in [2.24, 2.45) is 5.92 Å². The molecule has 1 unspecified atom stereocenters. The number of nitriles is 1. The van der Waals surface area contributed by atoms with Crippen LogP contribution in [-0.4, -0.2) is 11.2 Å². The fourth-order valence-corrected chi connectivity index (χ4v) is 0.329. The van der Waals surface area contributed by atoms with E-state index in [9.17, 15) is 0 Å². The Kier molecular flexibility index (Phi) is 10.3. The second kappa shape index (κ2) is 8.45. The van der Waals surface area contributed by atoms with Crippen LogP contribution in [0, 0.1) is 17.2 Å². The zero-order chi connectivity index (χ0) is 8.57. The van der Waals surface area contributed by atoms with Crippen molar-refractivity contribution >= 4 is 0 Å². The summed E-state index contributed by atoms with van der Waals surface area (Å²) in [4.78, 5) is 0. The zero-order valence-electron chi connectivity index (χ0n) is 7.26. The van der Waals surface area contributed by atoms with Crippen molar-refractivity contribution in [3.8, 4) is 6.07 Å². The Morgan fingerprint density at radius 1 is 1.40 bits per heavy atom. The van der Waals surface area contributed by atoms with Crippen molar-refractivity contribution in [1.82, 2.24) is 0 Å². The van der Waals surface area contributed by atoms with E-state index in [0.717, 1.165) is 0 Å². The van der Waals surface area contributed by atoms with Crippen molar-refractivity contribution in [3.63, 3.8) is 0 Å². The van der Waals surface area contributed by atoms with Crippen LogP contribution in [0.2, 0.25) is 0 Å². The number of aliphatic hydroxyl groups excluding tert-OH is 1. The molecule has 0 aromatic heterocycles. The zero-order valence-corrected chi connectivity index (χ0v) is 7.26. The van der Waals surface area contributed by atoms with Crippen molar-refractivity contribution < 1.29 is 5.11 Å². The quantitative estimate of drug-likeness (QED) is 0.642. The summed E-state index contributed by atoms with van der Waals surface area (Å²) in [5.41, 5.74) is 0. The second-order valence-electron chi connectivity index (χ2n) is 2.17. The smallest absolute Gasteiger partial charge is 0.0692 e. The van der Waals surface area contributed by atoms with Crippen LogP contribution in [-0.2, 0) is 0 Å². The van der Waals surface area contributed by atoms with Gasteiger partial charge in [-0.1, -0.05) is 27.7 Å². The number of hydrogen-bond acceptors (Lipinski definition) is 2. The first-order valence-corrected chi connectivity index (χ1v) is 3.73. The molecule has 60 valence electrons. The van der Waals surface area contributed by atoms with Crippen LogP contribution < -0.4 is 0 Å². The van der Waals surface area contributed by atoms with E-state index < -0.39 is 6.10 Å². The average molecular weight is 143 g/mol. The summed E-state index contributed by atoms with van der Waals surface area (Å²) in [5.74, 6) is 0.203. The van der Waals surface area contributed by atoms with E-state index in [0.29, 0.717) is 0 Å². The summed E-state index contributed by atoms with van der Waals surface area (Å²) in [6.07, 6.45) is -0.197. The SMILES string of the molecule is CC.CC(C)C(O)CC#N. The molecular formula is C8H17NO. The van der Waals surface area contributed by atoms with E-state index in [1.165, 1.54) is 0 Å². The number of rotatable bonds is 2. The Morgan fingerprint density at radius 2 is 1.80 bits per heavy atom. The van der Waals surface area contributed by atoms with Gasteiger partial charge in [-0.3, -0.25) is 0 Å². The van der Waals surface area contributed by atoms with E-state index in [4.69, 9.17) is 10.4 Å². The molecule has 0 aromatic carbocycles. The van der Waals surface area contributed by atoms with E-state index in [-0.39, 0.29) is 12.3 Å². The fraction of sp³-hybridized carbons (Fsp3) is 0.875. The topological polar surface area (TPSA) is 44.0 Å². The molecule has 0 heterocycles. The van der Waals surface area contributed by atoms with Crippen LogP contribution in [0.25, 0.3) is 0 Å². The monoisotopic (exact) mass is 143 g/mol. The Labute approximate surface area is 63.5 Å². The lowest BCUT2D eigenvalue weighted by molar-refractivity contribution is 0.130. The maximum atomic E-state index is 8.90. The lowest BCUT2D eigenvalue weighted by Crippen LogP contribution is -2.12. The van der Waals surface area contributed by atoms with Gasteiger partial charge in [0.1, 0.15) is 0 Å². The van der Waals surface area contributed by atoms with Crippen LogP contribution in [0.1, 0.15) is 34.1 Å². The molecule has 0 fully saturated rings. The first-order chi connectivity index (χ1) is 4.68. The normalized spacial score (nSPS) is 11.3. The van der Waals surface area contributed by atoms with Crippen molar-refractivity contribution in [2.45, 2.75) is 40.2 Å². The van der Waals surface area contributed by atoms with Crippen LogP contribution in [0.4, 0.5) is 0 Å². The maximum absolute atomic E-state index is 8.90. The molecule has 0 aliphatic carbocycles. The van der Waals surface area contributed by atoms with Gasteiger partial charge in [0.25, 0.3) is 0 Å². The second-order valence-corrected chi connectivity index (χ2v) is 2.17. The van der Waals surface area contributed by atoms with Crippen LogP contribution in [0.15, 0.2) is 0 Å². The average Bonchev–Trinajstić information content (AvgIpc) is 1.93. The highest BCUT2D eigenvalue weighted by Gasteiger charge is 2.06. The molecule has 1 N–H and O–H groups in total. The molecule has 2 heteroatoms. The van der Waals surface area contributed by atoms with Gasteiger partial charge in [-0.25, -0.2) is 0 Å². The standard InChI is InChI=1S/C6H11NO.C2H6/c1-5(2)6(8)3-4-7;1-2/h5-6,8H,3H2,1-2H3;1-2H3. The van der Waals surface area contributed by atoms with Gasteiger partial charge in [0.05, 0.1) is 18.6 Å². The molecule has 0 saturated carbocycles. The molecule has 1 atom stereocenters. The predicted molar refractivity (Wildman–Crippen MR) is 42.4 cm³/mol. The summed E-state index contributed by atoms with van der Waals surface area (Å²) in [6.45, 7) is 7.78. The molecule has 0 aliphatic rings.